The molecule has 2 saturated heterocycles. The van der Waals surface area contributed by atoms with Crippen molar-refractivity contribution in [3.63, 3.8) is 0 Å². The van der Waals surface area contributed by atoms with Crippen LogP contribution in [0.4, 0.5) is 0 Å². The Morgan fingerprint density at radius 2 is 2.50 bits per heavy atom. The van der Waals surface area contributed by atoms with Crippen molar-refractivity contribution in [3.05, 3.63) is 16.1 Å². The smallest absolute Gasteiger partial charge is 0.0897 e. The molecule has 2 bridgehead atoms. The third-order valence-corrected chi connectivity index (χ3v) is 4.55. The summed E-state index contributed by atoms with van der Waals surface area (Å²) < 4.78 is 5.77. The molecule has 0 amide bonds. The maximum atomic E-state index is 10.2. The van der Waals surface area contributed by atoms with Gasteiger partial charge in [0.2, 0.25) is 0 Å². The Kier molecular flexibility index (Phi) is 2.73. The quantitative estimate of drug-likeness (QED) is 0.876. The third-order valence-electron chi connectivity index (χ3n) is 3.73. The van der Waals surface area contributed by atoms with Gasteiger partial charge < -0.3 is 9.84 Å². The lowest BCUT2D eigenvalue weighted by Gasteiger charge is -2.23. The van der Waals surface area contributed by atoms with Gasteiger partial charge in [-0.3, -0.25) is 0 Å². The maximum Gasteiger partial charge on any atom is 0.0897 e. The molecule has 0 saturated carbocycles. The Labute approximate surface area is 99.5 Å². The molecule has 4 unspecified atom stereocenters. The van der Waals surface area contributed by atoms with Crippen LogP contribution >= 0.6 is 11.3 Å². The van der Waals surface area contributed by atoms with Crippen molar-refractivity contribution in [1.82, 2.24) is 4.98 Å². The minimum atomic E-state index is -0.281. The summed E-state index contributed by atoms with van der Waals surface area (Å²) in [5.74, 6) is 0.334. The fourth-order valence-electron chi connectivity index (χ4n) is 2.95. The molecule has 2 aliphatic heterocycles. The van der Waals surface area contributed by atoms with Gasteiger partial charge >= 0.3 is 0 Å². The summed E-state index contributed by atoms with van der Waals surface area (Å²) >= 11 is 1.65. The second-order valence-electron chi connectivity index (χ2n) is 4.90. The Bertz CT molecular complexity index is 379. The van der Waals surface area contributed by atoms with E-state index in [-0.39, 0.29) is 6.10 Å². The predicted molar refractivity (Wildman–Crippen MR) is 62.6 cm³/mol. The van der Waals surface area contributed by atoms with E-state index in [4.69, 9.17) is 4.74 Å². The van der Waals surface area contributed by atoms with Gasteiger partial charge in [-0.15, -0.1) is 11.3 Å². The zero-order valence-corrected chi connectivity index (χ0v) is 10.2. The van der Waals surface area contributed by atoms with Gasteiger partial charge in [-0.05, 0) is 26.2 Å². The molecule has 0 spiro atoms. The molecule has 0 radical (unpaired) electrons. The standard InChI is InChI=1S/C12H17NO2S/c1-7-13-8(6-16-7)4-11(14)10-5-9-2-3-12(10)15-9/h6,9-12,14H,2-5H2,1H3. The number of hydrogen-bond donors (Lipinski definition) is 1. The molecule has 1 aromatic heterocycles. The van der Waals surface area contributed by atoms with Crippen LogP contribution in [0.25, 0.3) is 0 Å². The van der Waals surface area contributed by atoms with Crippen LogP contribution in [-0.2, 0) is 11.2 Å². The predicted octanol–water partition coefficient (Wildman–Crippen LogP) is 1.92. The van der Waals surface area contributed by atoms with Crippen molar-refractivity contribution in [2.75, 3.05) is 0 Å². The van der Waals surface area contributed by atoms with Crippen LogP contribution < -0.4 is 0 Å². The monoisotopic (exact) mass is 239 g/mol. The number of hydrogen-bond acceptors (Lipinski definition) is 4. The molecule has 16 heavy (non-hydrogen) atoms. The van der Waals surface area contributed by atoms with Crippen molar-refractivity contribution in [3.8, 4) is 0 Å². The lowest BCUT2D eigenvalue weighted by atomic mass is 9.84. The maximum absolute atomic E-state index is 10.2. The van der Waals surface area contributed by atoms with Crippen LogP contribution in [0.2, 0.25) is 0 Å². The molecule has 4 heteroatoms. The molecule has 3 heterocycles. The second kappa shape index (κ2) is 4.09. The van der Waals surface area contributed by atoms with Gasteiger partial charge in [0.05, 0.1) is 29.0 Å². The van der Waals surface area contributed by atoms with Crippen LogP contribution in [0.5, 0.6) is 0 Å². The van der Waals surface area contributed by atoms with E-state index in [2.05, 4.69) is 4.98 Å². The van der Waals surface area contributed by atoms with E-state index in [1.54, 1.807) is 11.3 Å². The number of aliphatic hydroxyl groups excluding tert-OH is 1. The highest BCUT2D eigenvalue weighted by molar-refractivity contribution is 7.09. The number of aryl methyl sites for hydroxylation is 1. The minimum Gasteiger partial charge on any atom is -0.392 e. The fraction of sp³-hybridized carbons (Fsp3) is 0.750. The Balaban J connectivity index is 1.63. The Morgan fingerprint density at radius 3 is 3.06 bits per heavy atom. The molecule has 88 valence electrons. The fourth-order valence-corrected chi connectivity index (χ4v) is 3.58. The zero-order valence-electron chi connectivity index (χ0n) is 9.43. The largest absolute Gasteiger partial charge is 0.392 e. The number of nitrogens with zero attached hydrogens (tertiary/aromatic N) is 1. The summed E-state index contributed by atoms with van der Waals surface area (Å²) in [4.78, 5) is 4.40. The van der Waals surface area contributed by atoms with Gasteiger partial charge in [0.1, 0.15) is 0 Å². The normalized spacial score (nSPS) is 34.5. The van der Waals surface area contributed by atoms with Crippen LogP contribution in [0.3, 0.4) is 0 Å². The van der Waals surface area contributed by atoms with Crippen molar-refractivity contribution in [2.24, 2.45) is 5.92 Å². The van der Waals surface area contributed by atoms with Crippen molar-refractivity contribution >= 4 is 11.3 Å². The van der Waals surface area contributed by atoms with Crippen molar-refractivity contribution < 1.29 is 9.84 Å². The van der Waals surface area contributed by atoms with Gasteiger partial charge in [-0.2, -0.15) is 0 Å². The number of aromatic nitrogens is 1. The van der Waals surface area contributed by atoms with Gasteiger partial charge in [0, 0.05) is 17.7 Å². The molecule has 1 N–H and O–H groups in total. The van der Waals surface area contributed by atoms with Gasteiger partial charge in [0.25, 0.3) is 0 Å². The van der Waals surface area contributed by atoms with E-state index in [1.807, 2.05) is 12.3 Å². The molecule has 3 nitrogen and oxygen atoms in total. The van der Waals surface area contributed by atoms with Crippen LogP contribution in [0.1, 0.15) is 30.0 Å². The van der Waals surface area contributed by atoms with Crippen LogP contribution in [-0.4, -0.2) is 28.4 Å². The van der Waals surface area contributed by atoms with Crippen LogP contribution in [0.15, 0.2) is 5.38 Å². The van der Waals surface area contributed by atoms with E-state index in [1.165, 1.54) is 6.42 Å². The Morgan fingerprint density at radius 1 is 1.62 bits per heavy atom. The number of ether oxygens (including phenoxy) is 1. The summed E-state index contributed by atoms with van der Waals surface area (Å²) in [6.45, 7) is 2.00. The minimum absolute atomic E-state index is 0.281. The topological polar surface area (TPSA) is 42.4 Å². The summed E-state index contributed by atoms with van der Waals surface area (Å²) in [7, 11) is 0. The summed E-state index contributed by atoms with van der Waals surface area (Å²) in [5.41, 5.74) is 1.03. The zero-order chi connectivity index (χ0) is 11.1. The van der Waals surface area contributed by atoms with Gasteiger partial charge in [0.15, 0.2) is 0 Å². The van der Waals surface area contributed by atoms with Crippen molar-refractivity contribution in [2.45, 2.75) is 50.9 Å². The second-order valence-corrected chi connectivity index (χ2v) is 5.97. The highest BCUT2D eigenvalue weighted by Gasteiger charge is 2.43. The molecule has 0 aromatic carbocycles. The van der Waals surface area contributed by atoms with E-state index in [0.717, 1.165) is 23.5 Å². The third kappa shape index (κ3) is 1.90. The molecule has 2 fully saturated rings. The van der Waals surface area contributed by atoms with Crippen molar-refractivity contribution in [1.29, 1.82) is 0 Å². The lowest BCUT2D eigenvalue weighted by molar-refractivity contribution is 0.0428. The number of rotatable bonds is 3. The molecule has 3 rings (SSSR count). The summed E-state index contributed by atoms with van der Waals surface area (Å²) in [6.07, 6.45) is 4.47. The highest BCUT2D eigenvalue weighted by atomic mass is 32.1. The molecular weight excluding hydrogens is 222 g/mol. The Hall–Kier alpha value is -0.450. The molecular formula is C12H17NO2S. The first-order valence-corrected chi connectivity index (χ1v) is 6.85. The number of fused-ring (bicyclic) bond motifs is 2. The van der Waals surface area contributed by atoms with Gasteiger partial charge in [-0.25, -0.2) is 4.98 Å². The lowest BCUT2D eigenvalue weighted by Crippen LogP contribution is -2.31. The van der Waals surface area contributed by atoms with E-state index in [0.29, 0.717) is 24.5 Å². The molecule has 2 aliphatic rings. The molecule has 0 aliphatic carbocycles. The first kappa shape index (κ1) is 10.7. The number of thiazole rings is 1. The summed E-state index contributed by atoms with van der Waals surface area (Å²) in [6, 6.07) is 0. The van der Waals surface area contributed by atoms with E-state index < -0.39 is 0 Å². The first-order valence-electron chi connectivity index (χ1n) is 5.97. The average molecular weight is 239 g/mol. The SMILES string of the molecule is Cc1nc(CC(O)C2CC3CCC2O3)cs1. The van der Waals surface area contributed by atoms with Gasteiger partial charge in [-0.1, -0.05) is 0 Å². The molecule has 4 atom stereocenters. The molecule has 1 aromatic rings. The van der Waals surface area contributed by atoms with E-state index >= 15 is 0 Å². The summed E-state index contributed by atoms with van der Waals surface area (Å²) in [5, 5.41) is 13.3. The highest BCUT2D eigenvalue weighted by Crippen LogP contribution is 2.40. The number of aliphatic hydroxyl groups is 1. The average Bonchev–Trinajstić information content (AvgIpc) is 2.93. The van der Waals surface area contributed by atoms with Crippen LogP contribution in [0, 0.1) is 12.8 Å². The first-order chi connectivity index (χ1) is 7.72. The van der Waals surface area contributed by atoms with E-state index in [9.17, 15) is 5.11 Å².